The van der Waals surface area contributed by atoms with Crippen molar-refractivity contribution in [2.45, 2.75) is 19.8 Å². The number of rotatable bonds is 8. The zero-order valence-corrected chi connectivity index (χ0v) is 16.4. The molecular formula is C24H23NO4. The summed E-state index contributed by atoms with van der Waals surface area (Å²) in [6, 6.07) is 12.6. The molecular weight excluding hydrogens is 366 g/mol. The summed E-state index contributed by atoms with van der Waals surface area (Å²) in [6.45, 7) is 3.22. The molecule has 0 spiro atoms. The van der Waals surface area contributed by atoms with Crippen LogP contribution in [0.1, 0.15) is 35.7 Å². The van der Waals surface area contributed by atoms with Gasteiger partial charge in [0, 0.05) is 24.2 Å². The molecule has 0 bridgehead atoms. The van der Waals surface area contributed by atoms with Crippen LogP contribution in [0.2, 0.25) is 0 Å². The Hall–Kier alpha value is -3.52. The van der Waals surface area contributed by atoms with E-state index >= 15 is 0 Å². The molecule has 1 heterocycles. The van der Waals surface area contributed by atoms with Crippen molar-refractivity contribution >= 4 is 23.5 Å². The average Bonchev–Trinajstić information content (AvgIpc) is 3.17. The SMILES string of the molecule is C#CCOc1ccc(/C=C/C(=O)c2cccc(N3CCCC3=O)c2)cc1OCC. The van der Waals surface area contributed by atoms with E-state index in [0.717, 1.165) is 17.7 Å². The van der Waals surface area contributed by atoms with E-state index < -0.39 is 0 Å². The maximum absolute atomic E-state index is 12.6. The number of terminal acetylenes is 1. The number of amides is 1. The Morgan fingerprint density at radius 2 is 2.07 bits per heavy atom. The lowest BCUT2D eigenvalue weighted by Gasteiger charge is -2.16. The molecule has 0 saturated carbocycles. The van der Waals surface area contributed by atoms with E-state index in [1.807, 2.05) is 19.1 Å². The highest BCUT2D eigenvalue weighted by Gasteiger charge is 2.22. The summed E-state index contributed by atoms with van der Waals surface area (Å²) in [7, 11) is 0. The van der Waals surface area contributed by atoms with Crippen molar-refractivity contribution in [3.8, 4) is 23.8 Å². The molecule has 2 aromatic carbocycles. The van der Waals surface area contributed by atoms with Gasteiger partial charge in [0.1, 0.15) is 6.61 Å². The van der Waals surface area contributed by atoms with Gasteiger partial charge in [-0.25, -0.2) is 0 Å². The molecule has 0 aliphatic carbocycles. The van der Waals surface area contributed by atoms with Crippen LogP contribution >= 0.6 is 0 Å². The molecule has 1 amide bonds. The minimum atomic E-state index is -0.135. The highest BCUT2D eigenvalue weighted by molar-refractivity contribution is 6.08. The topological polar surface area (TPSA) is 55.8 Å². The van der Waals surface area contributed by atoms with Crippen molar-refractivity contribution in [1.82, 2.24) is 0 Å². The van der Waals surface area contributed by atoms with Gasteiger partial charge in [-0.1, -0.05) is 30.2 Å². The predicted molar refractivity (Wildman–Crippen MR) is 113 cm³/mol. The van der Waals surface area contributed by atoms with Gasteiger partial charge >= 0.3 is 0 Å². The number of ketones is 1. The smallest absolute Gasteiger partial charge is 0.227 e. The largest absolute Gasteiger partial charge is 0.490 e. The van der Waals surface area contributed by atoms with E-state index in [1.165, 1.54) is 6.08 Å². The first-order valence-corrected chi connectivity index (χ1v) is 9.58. The summed E-state index contributed by atoms with van der Waals surface area (Å²) in [6.07, 6.45) is 9.88. The van der Waals surface area contributed by atoms with Gasteiger partial charge in [-0.3, -0.25) is 9.59 Å². The Balaban J connectivity index is 1.76. The Bertz CT molecular complexity index is 971. The third-order valence-electron chi connectivity index (χ3n) is 4.52. The first kappa shape index (κ1) is 20.2. The van der Waals surface area contributed by atoms with E-state index in [0.29, 0.717) is 36.6 Å². The zero-order chi connectivity index (χ0) is 20.6. The van der Waals surface area contributed by atoms with Crippen LogP contribution in [0.15, 0.2) is 48.5 Å². The average molecular weight is 389 g/mol. The molecule has 3 rings (SSSR count). The second-order valence-corrected chi connectivity index (χ2v) is 6.53. The molecule has 5 nitrogen and oxygen atoms in total. The van der Waals surface area contributed by atoms with Crippen LogP contribution in [-0.4, -0.2) is 31.4 Å². The fourth-order valence-corrected chi connectivity index (χ4v) is 3.15. The second-order valence-electron chi connectivity index (χ2n) is 6.53. The first-order valence-electron chi connectivity index (χ1n) is 9.58. The molecule has 148 valence electrons. The summed E-state index contributed by atoms with van der Waals surface area (Å²) in [5.74, 6) is 3.53. The quantitative estimate of drug-likeness (QED) is 0.387. The Labute approximate surface area is 170 Å². The molecule has 1 fully saturated rings. The Morgan fingerprint density at radius 3 is 2.79 bits per heavy atom. The molecule has 2 aromatic rings. The molecule has 0 aromatic heterocycles. The minimum absolute atomic E-state index is 0.0979. The van der Waals surface area contributed by atoms with Crippen LogP contribution in [0.4, 0.5) is 5.69 Å². The van der Waals surface area contributed by atoms with E-state index in [9.17, 15) is 9.59 Å². The minimum Gasteiger partial charge on any atom is -0.490 e. The molecule has 1 aliphatic heterocycles. The summed E-state index contributed by atoms with van der Waals surface area (Å²) in [5.41, 5.74) is 2.11. The van der Waals surface area contributed by atoms with Crippen LogP contribution in [0, 0.1) is 12.3 Å². The molecule has 0 N–H and O–H groups in total. The van der Waals surface area contributed by atoms with Gasteiger partial charge in [-0.15, -0.1) is 6.42 Å². The lowest BCUT2D eigenvalue weighted by atomic mass is 10.1. The summed E-state index contributed by atoms with van der Waals surface area (Å²) in [4.78, 5) is 26.3. The molecule has 29 heavy (non-hydrogen) atoms. The van der Waals surface area contributed by atoms with Crippen molar-refractivity contribution in [2.24, 2.45) is 0 Å². The summed E-state index contributed by atoms with van der Waals surface area (Å²) < 4.78 is 11.1. The third kappa shape index (κ3) is 5.05. The number of anilines is 1. The predicted octanol–water partition coefficient (Wildman–Crippen LogP) is 4.12. The number of carbonyl (C=O) groups is 2. The first-order chi connectivity index (χ1) is 14.1. The number of hydrogen-bond acceptors (Lipinski definition) is 4. The van der Waals surface area contributed by atoms with E-state index in [1.54, 1.807) is 41.3 Å². The van der Waals surface area contributed by atoms with Crippen LogP contribution in [0.25, 0.3) is 6.08 Å². The standard InChI is InChI=1S/C24H23NO4/c1-3-15-29-22-13-11-18(16-23(22)28-4-2)10-12-21(26)19-7-5-8-20(17-19)25-14-6-9-24(25)27/h1,5,7-8,10-13,16-17H,4,6,9,14-15H2,2H3/b12-10+. The van der Waals surface area contributed by atoms with Crippen LogP contribution in [-0.2, 0) is 4.79 Å². The van der Waals surface area contributed by atoms with Gasteiger partial charge in [-0.2, -0.15) is 0 Å². The molecule has 1 saturated heterocycles. The van der Waals surface area contributed by atoms with Crippen molar-refractivity contribution in [2.75, 3.05) is 24.7 Å². The fourth-order valence-electron chi connectivity index (χ4n) is 3.15. The van der Waals surface area contributed by atoms with Gasteiger partial charge < -0.3 is 14.4 Å². The van der Waals surface area contributed by atoms with E-state index in [4.69, 9.17) is 15.9 Å². The van der Waals surface area contributed by atoms with Gasteiger partial charge in [0.25, 0.3) is 0 Å². The number of benzene rings is 2. The van der Waals surface area contributed by atoms with Crippen molar-refractivity contribution in [1.29, 1.82) is 0 Å². The van der Waals surface area contributed by atoms with Gasteiger partial charge in [0.05, 0.1) is 6.61 Å². The third-order valence-corrected chi connectivity index (χ3v) is 4.52. The lowest BCUT2D eigenvalue weighted by Crippen LogP contribution is -2.23. The van der Waals surface area contributed by atoms with Crippen molar-refractivity contribution in [3.05, 3.63) is 59.7 Å². The second kappa shape index (κ2) is 9.61. The number of hydrogen-bond donors (Lipinski definition) is 0. The summed E-state index contributed by atoms with van der Waals surface area (Å²) >= 11 is 0. The highest BCUT2D eigenvalue weighted by atomic mass is 16.5. The van der Waals surface area contributed by atoms with E-state index in [-0.39, 0.29) is 18.3 Å². The monoisotopic (exact) mass is 389 g/mol. The fraction of sp³-hybridized carbons (Fsp3) is 0.250. The molecule has 0 atom stereocenters. The molecule has 1 aliphatic rings. The van der Waals surface area contributed by atoms with Crippen LogP contribution in [0.3, 0.4) is 0 Å². The number of allylic oxidation sites excluding steroid dienone is 1. The van der Waals surface area contributed by atoms with E-state index in [2.05, 4.69) is 5.92 Å². The number of carbonyl (C=O) groups excluding carboxylic acids is 2. The van der Waals surface area contributed by atoms with Gasteiger partial charge in [0.2, 0.25) is 5.91 Å². The highest BCUT2D eigenvalue weighted by Crippen LogP contribution is 2.29. The van der Waals surface area contributed by atoms with Crippen LogP contribution in [0.5, 0.6) is 11.5 Å². The lowest BCUT2D eigenvalue weighted by molar-refractivity contribution is -0.117. The molecule has 0 unspecified atom stereocenters. The molecule has 5 heteroatoms. The number of ether oxygens (including phenoxy) is 2. The Morgan fingerprint density at radius 1 is 1.21 bits per heavy atom. The zero-order valence-electron chi connectivity index (χ0n) is 16.4. The normalized spacial score (nSPS) is 13.5. The van der Waals surface area contributed by atoms with Gasteiger partial charge in [0.15, 0.2) is 17.3 Å². The van der Waals surface area contributed by atoms with Crippen molar-refractivity contribution < 1.29 is 19.1 Å². The van der Waals surface area contributed by atoms with Gasteiger partial charge in [-0.05, 0) is 49.2 Å². The van der Waals surface area contributed by atoms with Crippen LogP contribution < -0.4 is 14.4 Å². The molecule has 0 radical (unpaired) electrons. The van der Waals surface area contributed by atoms with Crippen molar-refractivity contribution in [3.63, 3.8) is 0 Å². The summed E-state index contributed by atoms with van der Waals surface area (Å²) in [5, 5.41) is 0. The maximum Gasteiger partial charge on any atom is 0.227 e. The number of nitrogens with zero attached hydrogens (tertiary/aromatic N) is 1. The Kier molecular flexibility index (Phi) is 6.70. The maximum atomic E-state index is 12.6.